The van der Waals surface area contributed by atoms with Crippen LogP contribution >= 0.6 is 0 Å². The predicted octanol–water partition coefficient (Wildman–Crippen LogP) is 6.10. The van der Waals surface area contributed by atoms with Gasteiger partial charge in [-0.3, -0.25) is 0 Å². The van der Waals surface area contributed by atoms with Crippen molar-refractivity contribution in [1.29, 1.82) is 0 Å². The van der Waals surface area contributed by atoms with Crippen molar-refractivity contribution < 1.29 is 19.4 Å². The lowest BCUT2D eigenvalue weighted by Crippen LogP contribution is -2.42. The van der Waals surface area contributed by atoms with E-state index in [1.54, 1.807) is 4.90 Å². The minimum Gasteiger partial charge on any atom is -0.489 e. The summed E-state index contributed by atoms with van der Waals surface area (Å²) < 4.78 is 11.4. The monoisotopic (exact) mass is 475 g/mol. The van der Waals surface area contributed by atoms with Crippen LogP contribution in [0.5, 0.6) is 5.75 Å². The van der Waals surface area contributed by atoms with Gasteiger partial charge in [-0.15, -0.1) is 0 Å². The van der Waals surface area contributed by atoms with Gasteiger partial charge in [0.25, 0.3) is 0 Å². The standard InChI is InChI=1S/C30H37NO4/c1-23(2)19-31(30(33)35-22-27-12-8-5-9-13-27)20-29(32)24(3)18-25-14-16-28(17-15-25)34-21-26-10-6-4-7-11-26/h4-17,23-24,29,32H,18-22H2,1-3H3/t24-,29+/m0/s1. The van der Waals surface area contributed by atoms with Crippen molar-refractivity contribution in [3.8, 4) is 5.75 Å². The summed E-state index contributed by atoms with van der Waals surface area (Å²) in [6.45, 7) is 7.63. The zero-order valence-corrected chi connectivity index (χ0v) is 21.0. The summed E-state index contributed by atoms with van der Waals surface area (Å²) in [5.74, 6) is 1.06. The maximum absolute atomic E-state index is 12.7. The number of hydrogen-bond donors (Lipinski definition) is 1. The van der Waals surface area contributed by atoms with Crippen LogP contribution < -0.4 is 4.74 Å². The first kappa shape index (κ1) is 26.3. The van der Waals surface area contributed by atoms with E-state index in [-0.39, 0.29) is 25.0 Å². The minimum atomic E-state index is -0.660. The number of carbonyl (C=O) groups excluding carboxylic acids is 1. The van der Waals surface area contributed by atoms with Crippen LogP contribution in [0.2, 0.25) is 0 Å². The molecule has 1 amide bonds. The molecule has 0 saturated heterocycles. The Kier molecular flexibility index (Phi) is 10.2. The maximum atomic E-state index is 12.7. The molecule has 0 heterocycles. The summed E-state index contributed by atoms with van der Waals surface area (Å²) in [5, 5.41) is 10.9. The molecule has 0 aliphatic carbocycles. The average molecular weight is 476 g/mol. The highest BCUT2D eigenvalue weighted by Crippen LogP contribution is 2.19. The van der Waals surface area contributed by atoms with Gasteiger partial charge in [0, 0.05) is 6.54 Å². The lowest BCUT2D eigenvalue weighted by atomic mass is 9.95. The second kappa shape index (κ2) is 13.5. The first-order chi connectivity index (χ1) is 16.9. The third-order valence-corrected chi connectivity index (χ3v) is 5.84. The van der Waals surface area contributed by atoms with E-state index in [1.807, 2.05) is 91.9 Å². The van der Waals surface area contributed by atoms with Crippen molar-refractivity contribution in [2.24, 2.45) is 11.8 Å². The molecule has 5 nitrogen and oxygen atoms in total. The molecule has 0 saturated carbocycles. The van der Waals surface area contributed by atoms with Crippen LogP contribution in [0.15, 0.2) is 84.9 Å². The van der Waals surface area contributed by atoms with Crippen molar-refractivity contribution in [3.63, 3.8) is 0 Å². The highest BCUT2D eigenvalue weighted by Gasteiger charge is 2.23. The van der Waals surface area contributed by atoms with Gasteiger partial charge in [0.05, 0.1) is 12.6 Å². The zero-order chi connectivity index (χ0) is 25.0. The molecule has 186 valence electrons. The molecule has 3 aromatic rings. The Labute approximate surface area is 209 Å². The Hall–Kier alpha value is -3.31. The minimum absolute atomic E-state index is 0.0253. The van der Waals surface area contributed by atoms with Gasteiger partial charge in [-0.05, 0) is 47.1 Å². The van der Waals surface area contributed by atoms with Gasteiger partial charge >= 0.3 is 6.09 Å². The van der Waals surface area contributed by atoms with E-state index in [0.29, 0.717) is 19.6 Å². The highest BCUT2D eigenvalue weighted by molar-refractivity contribution is 5.67. The van der Waals surface area contributed by atoms with E-state index >= 15 is 0 Å². The van der Waals surface area contributed by atoms with Crippen LogP contribution in [-0.4, -0.2) is 35.3 Å². The normalized spacial score (nSPS) is 12.7. The molecular formula is C30H37NO4. The van der Waals surface area contributed by atoms with Crippen molar-refractivity contribution in [2.75, 3.05) is 13.1 Å². The van der Waals surface area contributed by atoms with Gasteiger partial charge < -0.3 is 19.5 Å². The predicted molar refractivity (Wildman–Crippen MR) is 139 cm³/mol. The number of hydrogen-bond acceptors (Lipinski definition) is 4. The topological polar surface area (TPSA) is 59.0 Å². The Bertz CT molecular complexity index is 1010. The van der Waals surface area contributed by atoms with E-state index in [2.05, 4.69) is 13.8 Å². The smallest absolute Gasteiger partial charge is 0.410 e. The molecule has 0 aromatic heterocycles. The Morgan fingerprint density at radius 3 is 1.91 bits per heavy atom. The molecule has 3 aromatic carbocycles. The van der Waals surface area contributed by atoms with Crippen LogP contribution in [-0.2, 0) is 24.4 Å². The Morgan fingerprint density at radius 2 is 1.34 bits per heavy atom. The SMILES string of the molecule is CC(C)CN(C[C@@H](O)[C@@H](C)Cc1ccc(OCc2ccccc2)cc1)C(=O)OCc1ccccc1. The molecule has 5 heteroatoms. The summed E-state index contributed by atoms with van der Waals surface area (Å²) in [7, 11) is 0. The van der Waals surface area contributed by atoms with Gasteiger partial charge in [-0.1, -0.05) is 93.6 Å². The number of rotatable bonds is 12. The van der Waals surface area contributed by atoms with E-state index in [1.165, 1.54) is 0 Å². The first-order valence-electron chi connectivity index (χ1n) is 12.3. The van der Waals surface area contributed by atoms with Crippen LogP contribution in [0, 0.1) is 11.8 Å². The summed E-state index contributed by atoms with van der Waals surface area (Å²) in [5.41, 5.74) is 3.18. The van der Waals surface area contributed by atoms with Crippen LogP contribution in [0.1, 0.15) is 37.5 Å². The molecule has 0 unspecified atom stereocenters. The summed E-state index contributed by atoms with van der Waals surface area (Å²) in [6, 6.07) is 27.7. The van der Waals surface area contributed by atoms with Gasteiger partial charge in [0.2, 0.25) is 0 Å². The van der Waals surface area contributed by atoms with Gasteiger partial charge in [-0.2, -0.15) is 0 Å². The quantitative estimate of drug-likeness (QED) is 0.344. The number of aliphatic hydroxyl groups excluding tert-OH is 1. The fourth-order valence-electron chi connectivity index (χ4n) is 3.85. The number of benzene rings is 3. The molecule has 35 heavy (non-hydrogen) atoms. The Morgan fingerprint density at radius 1 is 0.771 bits per heavy atom. The van der Waals surface area contributed by atoms with Gasteiger partial charge in [0.1, 0.15) is 19.0 Å². The summed E-state index contributed by atoms with van der Waals surface area (Å²) >= 11 is 0. The number of nitrogens with zero attached hydrogens (tertiary/aromatic N) is 1. The van der Waals surface area contributed by atoms with Crippen molar-refractivity contribution in [1.82, 2.24) is 4.90 Å². The van der Waals surface area contributed by atoms with Crippen molar-refractivity contribution in [3.05, 3.63) is 102 Å². The van der Waals surface area contributed by atoms with E-state index in [9.17, 15) is 9.90 Å². The molecule has 1 N–H and O–H groups in total. The van der Waals surface area contributed by atoms with E-state index < -0.39 is 12.2 Å². The van der Waals surface area contributed by atoms with Crippen molar-refractivity contribution in [2.45, 2.75) is 46.5 Å². The summed E-state index contributed by atoms with van der Waals surface area (Å²) in [6.07, 6.45) is -0.352. The maximum Gasteiger partial charge on any atom is 0.410 e. The lowest BCUT2D eigenvalue weighted by molar-refractivity contribution is 0.0457. The van der Waals surface area contributed by atoms with Crippen molar-refractivity contribution >= 4 is 6.09 Å². The average Bonchev–Trinajstić information content (AvgIpc) is 2.87. The fourth-order valence-corrected chi connectivity index (χ4v) is 3.85. The molecule has 0 fully saturated rings. The zero-order valence-electron chi connectivity index (χ0n) is 21.0. The van der Waals surface area contributed by atoms with Crippen LogP contribution in [0.25, 0.3) is 0 Å². The summed E-state index contributed by atoms with van der Waals surface area (Å²) in [4.78, 5) is 14.4. The lowest BCUT2D eigenvalue weighted by Gasteiger charge is -2.29. The van der Waals surface area contributed by atoms with Gasteiger partial charge in [-0.25, -0.2) is 4.79 Å². The van der Waals surface area contributed by atoms with E-state index in [0.717, 1.165) is 22.4 Å². The molecule has 0 aliphatic rings. The van der Waals surface area contributed by atoms with Crippen LogP contribution in [0.4, 0.5) is 4.79 Å². The second-order valence-corrected chi connectivity index (χ2v) is 9.51. The third-order valence-electron chi connectivity index (χ3n) is 5.84. The van der Waals surface area contributed by atoms with Gasteiger partial charge in [0.15, 0.2) is 0 Å². The molecule has 0 aliphatic heterocycles. The highest BCUT2D eigenvalue weighted by atomic mass is 16.6. The first-order valence-corrected chi connectivity index (χ1v) is 12.3. The second-order valence-electron chi connectivity index (χ2n) is 9.51. The third kappa shape index (κ3) is 9.10. The molecule has 2 atom stereocenters. The fraction of sp³-hybridized carbons (Fsp3) is 0.367. The Balaban J connectivity index is 1.50. The van der Waals surface area contributed by atoms with E-state index in [4.69, 9.17) is 9.47 Å². The number of ether oxygens (including phenoxy) is 2. The molecule has 0 bridgehead atoms. The largest absolute Gasteiger partial charge is 0.489 e. The molecule has 3 rings (SSSR count). The number of aliphatic hydroxyl groups is 1. The molecular weight excluding hydrogens is 438 g/mol. The number of carbonyl (C=O) groups is 1. The van der Waals surface area contributed by atoms with Crippen LogP contribution in [0.3, 0.4) is 0 Å². The molecule has 0 spiro atoms. The number of amides is 1. The molecule has 0 radical (unpaired) electrons.